The predicted octanol–water partition coefficient (Wildman–Crippen LogP) is 5.09. The minimum atomic E-state index is 0.132. The fourth-order valence-corrected chi connectivity index (χ4v) is 3.41. The molecule has 1 aliphatic heterocycles. The van der Waals surface area contributed by atoms with E-state index < -0.39 is 0 Å². The summed E-state index contributed by atoms with van der Waals surface area (Å²) in [6.45, 7) is 10.2. The zero-order valence-corrected chi connectivity index (χ0v) is 16.8. The lowest BCUT2D eigenvalue weighted by Crippen LogP contribution is -2.30. The molecule has 0 aliphatic carbocycles. The van der Waals surface area contributed by atoms with E-state index in [1.165, 1.54) is 18.4 Å². The van der Waals surface area contributed by atoms with Crippen LogP contribution in [0.25, 0.3) is 5.70 Å². The maximum Gasteiger partial charge on any atom is 0.159 e. The Kier molecular flexibility index (Phi) is 8.11. The molecule has 0 bridgehead atoms. The molecule has 1 aromatic rings. The van der Waals surface area contributed by atoms with Gasteiger partial charge in [0.2, 0.25) is 0 Å². The minimum absolute atomic E-state index is 0.132. The molecule has 1 fully saturated rings. The lowest BCUT2D eigenvalue weighted by Gasteiger charge is -2.23. The van der Waals surface area contributed by atoms with E-state index in [-0.39, 0.29) is 5.78 Å². The van der Waals surface area contributed by atoms with E-state index >= 15 is 0 Å². The number of unbranched alkanes of at least 4 members (excludes halogenated alkanes) is 1. The van der Waals surface area contributed by atoms with E-state index in [4.69, 9.17) is 0 Å². The van der Waals surface area contributed by atoms with Gasteiger partial charge >= 0.3 is 0 Å². The molecular weight excluding hydrogens is 320 g/mol. The first kappa shape index (κ1) is 20.4. The van der Waals surface area contributed by atoms with Crippen molar-refractivity contribution in [3.63, 3.8) is 0 Å². The van der Waals surface area contributed by atoms with Crippen LogP contribution in [0.5, 0.6) is 0 Å². The number of hydrogen-bond acceptors (Lipinski definition) is 3. The van der Waals surface area contributed by atoms with Crippen molar-refractivity contribution in [2.24, 2.45) is 5.92 Å². The first-order valence-electron chi connectivity index (χ1n) is 9.99. The highest BCUT2D eigenvalue weighted by molar-refractivity contribution is 5.95. The summed E-state index contributed by atoms with van der Waals surface area (Å²) in [5, 5.41) is 7.01. The van der Waals surface area contributed by atoms with Gasteiger partial charge in [-0.3, -0.25) is 4.79 Å². The third-order valence-electron chi connectivity index (χ3n) is 5.04. The molecule has 1 saturated heterocycles. The zero-order chi connectivity index (χ0) is 18.9. The van der Waals surface area contributed by atoms with Gasteiger partial charge in [0.25, 0.3) is 0 Å². The van der Waals surface area contributed by atoms with Crippen molar-refractivity contribution in [1.82, 2.24) is 10.6 Å². The highest BCUT2D eigenvalue weighted by Gasteiger charge is 2.16. The third-order valence-corrected chi connectivity index (χ3v) is 5.04. The van der Waals surface area contributed by atoms with Crippen LogP contribution in [0.15, 0.2) is 36.0 Å². The average Bonchev–Trinajstić information content (AvgIpc) is 2.65. The van der Waals surface area contributed by atoms with E-state index in [1.807, 2.05) is 13.0 Å². The van der Waals surface area contributed by atoms with Crippen LogP contribution in [0.1, 0.15) is 74.9 Å². The van der Waals surface area contributed by atoms with Crippen LogP contribution in [0.4, 0.5) is 0 Å². The standard InChI is InChI=1S/C23H34N2O/c1-5-7-10-23(25-17(3)6-2)22-14-20(13-21(15-22)18(4)26)12-19-9-8-11-24-16-19/h6,10,13-15,19,24-25H,5,7-9,11-12,16H2,1-4H3/b17-6-,23-10+. The SMILES string of the molecule is C/C=C(/C)N/C(=C/CCC)c1cc(CC2CCCNC2)cc(C(C)=O)c1. The zero-order valence-electron chi connectivity index (χ0n) is 16.8. The molecule has 2 N–H and O–H groups in total. The molecule has 0 amide bonds. The summed E-state index contributed by atoms with van der Waals surface area (Å²) in [6, 6.07) is 6.38. The maximum absolute atomic E-state index is 12.1. The molecule has 0 radical (unpaired) electrons. The molecular formula is C23H34N2O. The Morgan fingerprint density at radius 1 is 1.27 bits per heavy atom. The van der Waals surface area contributed by atoms with Crippen molar-refractivity contribution in [3.05, 3.63) is 52.7 Å². The number of allylic oxidation sites excluding steroid dienone is 3. The van der Waals surface area contributed by atoms with E-state index in [9.17, 15) is 4.79 Å². The molecule has 0 saturated carbocycles. The van der Waals surface area contributed by atoms with Gasteiger partial charge in [-0.2, -0.15) is 0 Å². The van der Waals surface area contributed by atoms with E-state index in [1.54, 1.807) is 6.92 Å². The van der Waals surface area contributed by atoms with Crippen LogP contribution in [0.3, 0.4) is 0 Å². The summed E-state index contributed by atoms with van der Waals surface area (Å²) in [5.41, 5.74) is 5.42. The van der Waals surface area contributed by atoms with Crippen molar-refractivity contribution in [3.8, 4) is 0 Å². The smallest absolute Gasteiger partial charge is 0.159 e. The van der Waals surface area contributed by atoms with Crippen LogP contribution < -0.4 is 10.6 Å². The molecule has 3 nitrogen and oxygen atoms in total. The van der Waals surface area contributed by atoms with Gasteiger partial charge in [-0.1, -0.05) is 25.5 Å². The predicted molar refractivity (Wildman–Crippen MR) is 111 cm³/mol. The van der Waals surface area contributed by atoms with Crippen LogP contribution in [-0.2, 0) is 6.42 Å². The number of carbonyl (C=O) groups excluding carboxylic acids is 1. The van der Waals surface area contributed by atoms with Gasteiger partial charge in [0, 0.05) is 17.0 Å². The molecule has 3 heteroatoms. The quantitative estimate of drug-likeness (QED) is 0.639. The van der Waals surface area contributed by atoms with Crippen molar-refractivity contribution in [2.75, 3.05) is 13.1 Å². The highest BCUT2D eigenvalue weighted by Crippen LogP contribution is 2.23. The van der Waals surface area contributed by atoms with E-state index in [2.05, 4.69) is 48.8 Å². The fraction of sp³-hybridized carbons (Fsp3) is 0.522. The summed E-state index contributed by atoms with van der Waals surface area (Å²) >= 11 is 0. The normalized spacial score (nSPS) is 18.7. The average molecular weight is 355 g/mol. The highest BCUT2D eigenvalue weighted by atomic mass is 16.1. The molecule has 142 valence electrons. The molecule has 1 heterocycles. The van der Waals surface area contributed by atoms with Crippen molar-refractivity contribution >= 4 is 11.5 Å². The molecule has 1 aromatic carbocycles. The number of hydrogen-bond donors (Lipinski definition) is 2. The summed E-state index contributed by atoms with van der Waals surface area (Å²) in [6.07, 6.45) is 9.99. The third kappa shape index (κ3) is 6.14. The fourth-order valence-electron chi connectivity index (χ4n) is 3.41. The molecule has 1 unspecified atom stereocenters. The van der Waals surface area contributed by atoms with Gasteiger partial charge < -0.3 is 10.6 Å². The second kappa shape index (κ2) is 10.3. The summed E-state index contributed by atoms with van der Waals surface area (Å²) < 4.78 is 0. The van der Waals surface area contributed by atoms with E-state index in [0.29, 0.717) is 5.92 Å². The Morgan fingerprint density at radius 2 is 2.04 bits per heavy atom. The van der Waals surface area contributed by atoms with Gasteiger partial charge in [-0.25, -0.2) is 0 Å². The summed E-state index contributed by atoms with van der Waals surface area (Å²) in [7, 11) is 0. The number of rotatable bonds is 8. The van der Waals surface area contributed by atoms with Gasteiger partial charge in [-0.15, -0.1) is 0 Å². The molecule has 26 heavy (non-hydrogen) atoms. The summed E-state index contributed by atoms with van der Waals surface area (Å²) in [4.78, 5) is 12.1. The Balaban J connectivity index is 2.35. The van der Waals surface area contributed by atoms with Gasteiger partial charge in [0.15, 0.2) is 5.78 Å². The number of ketones is 1. The Hall–Kier alpha value is -1.87. The largest absolute Gasteiger partial charge is 0.359 e. The monoisotopic (exact) mass is 354 g/mol. The first-order chi connectivity index (χ1) is 12.5. The number of benzene rings is 1. The molecule has 1 atom stereocenters. The minimum Gasteiger partial charge on any atom is -0.359 e. The second-order valence-corrected chi connectivity index (χ2v) is 7.39. The van der Waals surface area contributed by atoms with Gasteiger partial charge in [-0.05, 0) is 94.8 Å². The number of carbonyl (C=O) groups is 1. The van der Waals surface area contributed by atoms with Gasteiger partial charge in [0.05, 0.1) is 0 Å². The lowest BCUT2D eigenvalue weighted by atomic mass is 9.90. The molecule has 0 aromatic heterocycles. The van der Waals surface area contributed by atoms with Gasteiger partial charge in [0.1, 0.15) is 0 Å². The molecule has 0 spiro atoms. The topological polar surface area (TPSA) is 41.1 Å². The number of nitrogens with one attached hydrogen (secondary N) is 2. The van der Waals surface area contributed by atoms with Crippen LogP contribution in [0.2, 0.25) is 0 Å². The number of Topliss-reactive ketones (excluding diaryl/α,β-unsaturated/α-hetero) is 1. The molecule has 2 rings (SSSR count). The van der Waals surface area contributed by atoms with Crippen LogP contribution in [-0.4, -0.2) is 18.9 Å². The Bertz CT molecular complexity index is 667. The summed E-state index contributed by atoms with van der Waals surface area (Å²) in [5.74, 6) is 0.791. The molecule has 1 aliphatic rings. The Morgan fingerprint density at radius 3 is 2.65 bits per heavy atom. The second-order valence-electron chi connectivity index (χ2n) is 7.39. The van der Waals surface area contributed by atoms with Crippen molar-refractivity contribution in [1.29, 1.82) is 0 Å². The van der Waals surface area contributed by atoms with Crippen molar-refractivity contribution in [2.45, 2.75) is 59.8 Å². The van der Waals surface area contributed by atoms with Crippen LogP contribution >= 0.6 is 0 Å². The maximum atomic E-state index is 12.1. The van der Waals surface area contributed by atoms with Crippen molar-refractivity contribution < 1.29 is 4.79 Å². The lowest BCUT2D eigenvalue weighted by molar-refractivity contribution is 0.101. The van der Waals surface area contributed by atoms with Crippen LogP contribution in [0, 0.1) is 5.92 Å². The van der Waals surface area contributed by atoms with E-state index in [0.717, 1.165) is 54.9 Å². The number of piperidine rings is 1. The Labute approximate surface area is 159 Å². The first-order valence-corrected chi connectivity index (χ1v) is 9.99.